The largest absolute Gasteiger partial charge is 0.507 e. The Morgan fingerprint density at radius 3 is 0.762 bits per heavy atom. The number of hydrogen-bond donors (Lipinski definition) is 2. The Kier molecular flexibility index (Phi) is 8.78. The van der Waals surface area contributed by atoms with Gasteiger partial charge in [0.05, 0.1) is 0 Å². The molecule has 3 aliphatic heterocycles. The van der Waals surface area contributed by atoms with Crippen LogP contribution in [0.2, 0.25) is 0 Å². The molecule has 12 rings (SSSR count). The second-order valence-electron chi connectivity index (χ2n) is 16.3. The summed E-state index contributed by atoms with van der Waals surface area (Å²) in [6.45, 7) is -0.281. The van der Waals surface area contributed by atoms with Crippen LogP contribution in [0.1, 0.15) is 90.4 Å². The Morgan fingerprint density at radius 1 is 0.270 bits per heavy atom. The first-order chi connectivity index (χ1) is 31.1. The van der Waals surface area contributed by atoms with E-state index < -0.39 is 17.8 Å². The minimum Gasteiger partial charge on any atom is -0.507 e. The molecule has 0 saturated heterocycles. The van der Waals surface area contributed by atoms with E-state index in [-0.39, 0.29) is 37.8 Å². The van der Waals surface area contributed by atoms with Gasteiger partial charge in [-0.1, -0.05) is 121 Å². The van der Waals surface area contributed by atoms with Crippen molar-refractivity contribution in [1.29, 1.82) is 0 Å². The van der Waals surface area contributed by atoms with Crippen LogP contribution in [0.4, 0.5) is 0 Å². The highest BCUT2D eigenvalue weighted by molar-refractivity contribution is 5.68. The lowest BCUT2D eigenvalue weighted by Crippen LogP contribution is -2.21. The van der Waals surface area contributed by atoms with Crippen LogP contribution in [0, 0.1) is 0 Å². The molecule has 0 radical (unpaired) electrons. The van der Waals surface area contributed by atoms with Crippen molar-refractivity contribution >= 4 is 0 Å². The van der Waals surface area contributed by atoms with Crippen molar-refractivity contribution < 1.29 is 38.6 Å². The molecule has 8 heteroatoms. The Hall–Kier alpha value is -7.84. The van der Waals surface area contributed by atoms with Crippen molar-refractivity contribution in [2.45, 2.75) is 23.7 Å². The second-order valence-corrected chi connectivity index (χ2v) is 16.3. The summed E-state index contributed by atoms with van der Waals surface area (Å²) in [5, 5.41) is 24.6. The van der Waals surface area contributed by atoms with Crippen molar-refractivity contribution in [3.05, 3.63) is 237 Å². The fourth-order valence-corrected chi connectivity index (χ4v) is 10.1. The lowest BCUT2D eigenvalue weighted by Gasteiger charge is -2.34. The summed E-state index contributed by atoms with van der Waals surface area (Å²) in [5.41, 5.74) is 10.5. The van der Waals surface area contributed by atoms with E-state index >= 15 is 0 Å². The van der Waals surface area contributed by atoms with Crippen LogP contribution >= 0.6 is 0 Å². The fourth-order valence-electron chi connectivity index (χ4n) is 10.1. The van der Waals surface area contributed by atoms with Gasteiger partial charge in [0.1, 0.15) is 46.0 Å². The molecule has 2 unspecified atom stereocenters. The molecule has 0 aromatic heterocycles. The molecular formula is C55H40O8. The van der Waals surface area contributed by atoms with E-state index in [0.29, 0.717) is 45.6 Å². The molecule has 8 aromatic rings. The van der Waals surface area contributed by atoms with Crippen LogP contribution < -0.4 is 28.4 Å². The van der Waals surface area contributed by atoms with Crippen LogP contribution in [0.3, 0.4) is 0 Å². The number of phenolic OH excluding ortho intramolecular Hbond substituents is 2. The molecule has 3 heterocycles. The van der Waals surface area contributed by atoms with Crippen molar-refractivity contribution in [2.75, 3.05) is 20.4 Å². The van der Waals surface area contributed by atoms with Crippen molar-refractivity contribution in [2.24, 2.45) is 0 Å². The summed E-state index contributed by atoms with van der Waals surface area (Å²) in [6, 6.07) is 56.8. The normalized spacial score (nSPS) is 18.9. The number of rotatable bonds is 4. The number of phenols is 2. The summed E-state index contributed by atoms with van der Waals surface area (Å²) in [5.74, 6) is 1.61. The van der Waals surface area contributed by atoms with Gasteiger partial charge in [-0.2, -0.15) is 0 Å². The van der Waals surface area contributed by atoms with Gasteiger partial charge >= 0.3 is 0 Å². The molecule has 2 atom stereocenters. The van der Waals surface area contributed by atoms with Gasteiger partial charge in [0.25, 0.3) is 0 Å². The molecule has 0 saturated carbocycles. The van der Waals surface area contributed by atoms with Gasteiger partial charge in [0, 0.05) is 92.4 Å². The van der Waals surface area contributed by atoms with Gasteiger partial charge < -0.3 is 38.6 Å². The number of ether oxygens (including phenoxy) is 6. The van der Waals surface area contributed by atoms with Gasteiger partial charge in [-0.25, -0.2) is 0 Å². The summed E-state index contributed by atoms with van der Waals surface area (Å²) in [4.78, 5) is 0. The maximum Gasteiger partial charge on any atom is 0.230 e. The van der Waals surface area contributed by atoms with Crippen LogP contribution in [0.25, 0.3) is 0 Å². The minimum absolute atomic E-state index is 0.0185. The summed E-state index contributed by atoms with van der Waals surface area (Å²) >= 11 is 0. The van der Waals surface area contributed by atoms with Gasteiger partial charge in [-0.05, 0) is 46.5 Å². The van der Waals surface area contributed by atoms with E-state index in [1.165, 1.54) is 0 Å². The Balaban J connectivity index is 1.26. The van der Waals surface area contributed by atoms with E-state index in [4.69, 9.17) is 28.4 Å². The van der Waals surface area contributed by atoms with Crippen molar-refractivity contribution in [3.63, 3.8) is 0 Å². The lowest BCUT2D eigenvalue weighted by molar-refractivity contribution is 0.104. The van der Waals surface area contributed by atoms with Crippen LogP contribution in [-0.2, 0) is 0 Å². The van der Waals surface area contributed by atoms with E-state index in [1.807, 2.05) is 97.1 Å². The van der Waals surface area contributed by atoms with Crippen LogP contribution in [0.15, 0.2) is 170 Å². The maximum absolute atomic E-state index is 12.3. The predicted octanol–water partition coefficient (Wildman–Crippen LogP) is 11.3. The standard InChI is InChI=1S/C55H40O8/c56-44-25-46-38-21-36(44)52(32-13-5-1-6-14-32)37-22-39-47(26-45(37)57)59-30-61-49-28-51-43(24-41(49)54(39)34-17-9-3-10-18-34)55(35-19-11-4-12-20-35)42-23-40(53(38)33-15-7-2-8-16-33)48(60-29-58-46)27-50(42)62-31-63-51/h1-28,52-57H,29-31H2. The lowest BCUT2D eigenvalue weighted by atomic mass is 9.75. The average Bonchev–Trinajstić information content (AvgIpc) is 3.30. The Labute approximate surface area is 364 Å². The van der Waals surface area contributed by atoms with Crippen LogP contribution in [-0.4, -0.2) is 30.6 Å². The summed E-state index contributed by atoms with van der Waals surface area (Å²) < 4.78 is 39.0. The van der Waals surface area contributed by atoms with Crippen LogP contribution in [0.5, 0.6) is 46.0 Å². The monoisotopic (exact) mass is 828 g/mol. The molecule has 63 heavy (non-hydrogen) atoms. The first-order valence-corrected chi connectivity index (χ1v) is 21.1. The molecule has 8 nitrogen and oxygen atoms in total. The molecule has 4 aliphatic rings. The molecule has 308 valence electrons. The molecule has 8 aromatic carbocycles. The zero-order chi connectivity index (χ0) is 42.0. The summed E-state index contributed by atoms with van der Waals surface area (Å²) in [6.07, 6.45) is 0. The Morgan fingerprint density at radius 2 is 0.492 bits per heavy atom. The van der Waals surface area contributed by atoms with E-state index in [0.717, 1.165) is 55.6 Å². The summed E-state index contributed by atoms with van der Waals surface area (Å²) in [7, 11) is 0. The molecule has 0 amide bonds. The average molecular weight is 829 g/mol. The smallest absolute Gasteiger partial charge is 0.230 e. The van der Waals surface area contributed by atoms with Gasteiger partial charge in [0.15, 0.2) is 0 Å². The van der Waals surface area contributed by atoms with E-state index in [1.54, 1.807) is 12.1 Å². The topological polar surface area (TPSA) is 95.8 Å². The first-order valence-electron chi connectivity index (χ1n) is 21.1. The number of aromatic hydroxyl groups is 2. The second kappa shape index (κ2) is 15.0. The molecule has 1 aliphatic carbocycles. The third-order valence-electron chi connectivity index (χ3n) is 12.9. The fraction of sp³-hybridized carbons (Fsp3) is 0.127. The maximum atomic E-state index is 12.3. The van der Waals surface area contributed by atoms with Gasteiger partial charge in [-0.15, -0.1) is 0 Å². The number of fused-ring (bicyclic) bond motifs is 2. The SMILES string of the molecule is Oc1cc2c3cc1C(c1ccccc1)c1cc4c(cc1O)OCOc1cc5c(cc1C4c1ccccc1)C(c1ccccc1)c1cc(c(cc1OCO5)OCO2)C3c1ccccc1. The highest BCUT2D eigenvalue weighted by Gasteiger charge is 2.38. The number of hydrogen-bond acceptors (Lipinski definition) is 8. The third-order valence-corrected chi connectivity index (χ3v) is 12.9. The Bertz CT molecular complexity index is 2860. The predicted molar refractivity (Wildman–Crippen MR) is 237 cm³/mol. The van der Waals surface area contributed by atoms with Crippen molar-refractivity contribution in [1.82, 2.24) is 0 Å². The number of benzene rings is 8. The van der Waals surface area contributed by atoms with Crippen molar-refractivity contribution in [3.8, 4) is 46.0 Å². The molecule has 2 N–H and O–H groups in total. The zero-order valence-corrected chi connectivity index (χ0v) is 33.9. The quantitative estimate of drug-likeness (QED) is 0.181. The van der Waals surface area contributed by atoms with Gasteiger partial charge in [0.2, 0.25) is 20.4 Å². The highest BCUT2D eigenvalue weighted by Crippen LogP contribution is 2.55. The van der Waals surface area contributed by atoms with E-state index in [9.17, 15) is 10.2 Å². The minimum atomic E-state index is -0.629. The van der Waals surface area contributed by atoms with Gasteiger partial charge in [-0.3, -0.25) is 0 Å². The third kappa shape index (κ3) is 6.20. The first kappa shape index (κ1) is 37.0. The molecule has 0 spiro atoms. The molecular weight excluding hydrogens is 789 g/mol. The highest BCUT2D eigenvalue weighted by atomic mass is 16.7. The zero-order valence-electron chi connectivity index (χ0n) is 33.9. The molecule has 0 fully saturated rings. The molecule has 8 bridgehead atoms. The van der Waals surface area contributed by atoms with E-state index in [2.05, 4.69) is 60.7 Å².